The van der Waals surface area contributed by atoms with Crippen molar-refractivity contribution in [3.8, 4) is 0 Å². The van der Waals surface area contributed by atoms with Gasteiger partial charge >= 0.3 is 12.0 Å². The van der Waals surface area contributed by atoms with Crippen LogP contribution in [0.2, 0.25) is 5.02 Å². The molecule has 0 radical (unpaired) electrons. The van der Waals surface area contributed by atoms with Crippen molar-refractivity contribution < 1.29 is 19.1 Å². The summed E-state index contributed by atoms with van der Waals surface area (Å²) in [4.78, 5) is 22.9. The fourth-order valence-electron chi connectivity index (χ4n) is 1.45. The van der Waals surface area contributed by atoms with Crippen LogP contribution < -0.4 is 10.6 Å². The second kappa shape index (κ2) is 7.09. The molecule has 0 aromatic heterocycles. The second-order valence-electron chi connectivity index (χ2n) is 4.77. The molecule has 1 aromatic carbocycles. The van der Waals surface area contributed by atoms with E-state index in [9.17, 15) is 14.0 Å². The average molecular weight is 382 g/mol. The van der Waals surface area contributed by atoms with Gasteiger partial charge in [-0.05, 0) is 41.4 Å². The molecule has 1 aromatic rings. The van der Waals surface area contributed by atoms with E-state index in [1.165, 1.54) is 6.92 Å². The van der Waals surface area contributed by atoms with Crippen LogP contribution in [0.5, 0.6) is 0 Å². The molecule has 0 saturated heterocycles. The Kier molecular flexibility index (Phi) is 5.98. The van der Waals surface area contributed by atoms with Crippen LogP contribution in [-0.4, -0.2) is 23.7 Å². The number of amides is 2. The maximum atomic E-state index is 13.1. The minimum atomic E-state index is -1.05. The van der Waals surface area contributed by atoms with E-state index >= 15 is 0 Å². The van der Waals surface area contributed by atoms with Crippen molar-refractivity contribution in [3.63, 3.8) is 0 Å². The zero-order valence-electron chi connectivity index (χ0n) is 11.5. The van der Waals surface area contributed by atoms with Crippen LogP contribution in [0.3, 0.4) is 0 Å². The van der Waals surface area contributed by atoms with Crippen LogP contribution in [0.15, 0.2) is 16.6 Å². The molecule has 0 aliphatic heterocycles. The number of carbonyl (C=O) groups is 2. The number of hydrogen-bond donors (Lipinski definition) is 3. The predicted molar refractivity (Wildman–Crippen MR) is 82.2 cm³/mol. The monoisotopic (exact) mass is 380 g/mol. The number of anilines is 1. The highest BCUT2D eigenvalue weighted by atomic mass is 79.9. The molecule has 0 fully saturated rings. The van der Waals surface area contributed by atoms with Crippen molar-refractivity contribution in [2.45, 2.75) is 20.3 Å². The van der Waals surface area contributed by atoms with Gasteiger partial charge in [0, 0.05) is 11.0 Å². The molecule has 2 amide bonds. The summed E-state index contributed by atoms with van der Waals surface area (Å²) in [5, 5.41) is 14.1. The Labute approximate surface area is 135 Å². The molecule has 0 spiro atoms. The summed E-state index contributed by atoms with van der Waals surface area (Å²) in [6, 6.07) is 1.61. The van der Waals surface area contributed by atoms with E-state index in [-0.39, 0.29) is 17.3 Å². The van der Waals surface area contributed by atoms with E-state index in [1.807, 2.05) is 0 Å². The lowest BCUT2D eigenvalue weighted by molar-refractivity contribution is -0.147. The molecule has 1 unspecified atom stereocenters. The third-order valence-electron chi connectivity index (χ3n) is 3.18. The molecular formula is C13H15BrClFN2O3. The van der Waals surface area contributed by atoms with Crippen LogP contribution in [0.1, 0.15) is 20.3 Å². The van der Waals surface area contributed by atoms with E-state index in [0.717, 1.165) is 12.1 Å². The van der Waals surface area contributed by atoms with Gasteiger partial charge in [-0.3, -0.25) is 4.79 Å². The molecule has 1 rings (SSSR count). The molecule has 0 saturated carbocycles. The number of benzene rings is 1. The van der Waals surface area contributed by atoms with E-state index < -0.39 is 23.2 Å². The Morgan fingerprint density at radius 2 is 2.10 bits per heavy atom. The quantitative estimate of drug-likeness (QED) is 0.724. The number of carboxylic acid groups (broad SMARTS) is 1. The normalized spacial score (nSPS) is 13.4. The fourth-order valence-corrected chi connectivity index (χ4v) is 2.35. The van der Waals surface area contributed by atoms with Crippen molar-refractivity contribution in [2.24, 2.45) is 5.41 Å². The molecule has 5 nitrogen and oxygen atoms in total. The number of halogens is 3. The molecule has 116 valence electrons. The minimum absolute atomic E-state index is 0.0357. The van der Waals surface area contributed by atoms with Crippen molar-refractivity contribution in [2.75, 3.05) is 11.9 Å². The largest absolute Gasteiger partial charge is 0.481 e. The summed E-state index contributed by atoms with van der Waals surface area (Å²) in [5.41, 5.74) is -0.842. The Morgan fingerprint density at radius 3 is 2.57 bits per heavy atom. The first-order chi connectivity index (χ1) is 9.69. The maximum absolute atomic E-state index is 13.1. The summed E-state index contributed by atoms with van der Waals surface area (Å²) in [6.07, 6.45) is 0.365. The molecule has 0 aliphatic carbocycles. The molecule has 1 atom stereocenters. The number of urea groups is 1. The lowest BCUT2D eigenvalue weighted by Gasteiger charge is -2.23. The third kappa shape index (κ3) is 4.57. The first-order valence-electron chi connectivity index (χ1n) is 6.12. The third-order valence-corrected chi connectivity index (χ3v) is 4.10. The molecular weight excluding hydrogens is 367 g/mol. The van der Waals surface area contributed by atoms with Crippen LogP contribution in [0.25, 0.3) is 0 Å². The Morgan fingerprint density at radius 1 is 1.48 bits per heavy atom. The smallest absolute Gasteiger partial charge is 0.319 e. The first-order valence-corrected chi connectivity index (χ1v) is 7.29. The summed E-state index contributed by atoms with van der Waals surface area (Å²) in [7, 11) is 0. The second-order valence-corrected chi connectivity index (χ2v) is 6.03. The molecule has 21 heavy (non-hydrogen) atoms. The van der Waals surface area contributed by atoms with Crippen LogP contribution in [0.4, 0.5) is 14.9 Å². The molecule has 3 N–H and O–H groups in total. The zero-order valence-corrected chi connectivity index (χ0v) is 13.8. The molecule has 8 heteroatoms. The van der Waals surface area contributed by atoms with Crippen LogP contribution in [-0.2, 0) is 4.79 Å². The maximum Gasteiger partial charge on any atom is 0.319 e. The van der Waals surface area contributed by atoms with Crippen molar-refractivity contribution in [1.82, 2.24) is 5.32 Å². The van der Waals surface area contributed by atoms with Gasteiger partial charge < -0.3 is 15.7 Å². The Bertz CT molecular complexity index is 547. The Hall–Kier alpha value is -1.34. The summed E-state index contributed by atoms with van der Waals surface area (Å²) in [5.74, 6) is -1.53. The number of carboxylic acids is 1. The number of carbonyl (C=O) groups excluding carboxylic acids is 1. The number of nitrogens with one attached hydrogen (secondary N) is 2. The van der Waals surface area contributed by atoms with E-state index in [4.69, 9.17) is 16.7 Å². The highest BCUT2D eigenvalue weighted by Crippen LogP contribution is 2.31. The van der Waals surface area contributed by atoms with Crippen LogP contribution >= 0.6 is 27.5 Å². The summed E-state index contributed by atoms with van der Waals surface area (Å²) < 4.78 is 13.4. The lowest BCUT2D eigenvalue weighted by Crippen LogP contribution is -2.42. The van der Waals surface area contributed by atoms with Gasteiger partial charge in [-0.1, -0.05) is 18.5 Å². The fraction of sp³-hybridized carbons (Fsp3) is 0.385. The lowest BCUT2D eigenvalue weighted by atomic mass is 9.88. The van der Waals surface area contributed by atoms with Gasteiger partial charge in [0.25, 0.3) is 0 Å². The van der Waals surface area contributed by atoms with Gasteiger partial charge in [0.15, 0.2) is 0 Å². The summed E-state index contributed by atoms with van der Waals surface area (Å²) >= 11 is 8.93. The first kappa shape index (κ1) is 17.7. The summed E-state index contributed by atoms with van der Waals surface area (Å²) in [6.45, 7) is 3.22. The number of aliphatic carboxylic acids is 1. The van der Waals surface area contributed by atoms with Crippen molar-refractivity contribution in [3.05, 3.63) is 27.4 Å². The standard InChI is InChI=1S/C13H15BrClFN2O3/c1-3-13(2,11(19)20)6-17-12(21)18-10-8(14)4-7(16)5-9(10)15/h4-5H,3,6H2,1-2H3,(H,19,20)(H2,17,18,21). The van der Waals surface area contributed by atoms with Gasteiger partial charge in [0.1, 0.15) is 5.82 Å². The Balaban J connectivity index is 2.73. The van der Waals surface area contributed by atoms with Gasteiger partial charge in [-0.2, -0.15) is 0 Å². The van der Waals surface area contributed by atoms with Crippen molar-refractivity contribution in [1.29, 1.82) is 0 Å². The minimum Gasteiger partial charge on any atom is -0.481 e. The van der Waals surface area contributed by atoms with Crippen molar-refractivity contribution >= 4 is 45.2 Å². The number of hydrogen-bond acceptors (Lipinski definition) is 2. The molecule has 0 aliphatic rings. The zero-order chi connectivity index (χ0) is 16.2. The highest BCUT2D eigenvalue weighted by Gasteiger charge is 2.31. The highest BCUT2D eigenvalue weighted by molar-refractivity contribution is 9.10. The van der Waals surface area contributed by atoms with Gasteiger partial charge in [-0.25, -0.2) is 9.18 Å². The predicted octanol–water partition coefficient (Wildman–Crippen LogP) is 3.86. The van der Waals surface area contributed by atoms with E-state index in [2.05, 4.69) is 26.6 Å². The van der Waals surface area contributed by atoms with E-state index in [1.54, 1.807) is 6.92 Å². The van der Waals surface area contributed by atoms with E-state index in [0.29, 0.717) is 10.9 Å². The number of rotatable bonds is 5. The molecule has 0 heterocycles. The van der Waals surface area contributed by atoms with Gasteiger partial charge in [-0.15, -0.1) is 0 Å². The average Bonchev–Trinajstić information content (AvgIpc) is 2.39. The van der Waals surface area contributed by atoms with Gasteiger partial charge in [0.05, 0.1) is 16.1 Å². The molecule has 0 bridgehead atoms. The van der Waals surface area contributed by atoms with Gasteiger partial charge in [0.2, 0.25) is 0 Å². The SMILES string of the molecule is CCC(C)(CNC(=O)Nc1c(Cl)cc(F)cc1Br)C(=O)O. The van der Waals surface area contributed by atoms with Crippen LogP contribution in [0, 0.1) is 11.2 Å². The topological polar surface area (TPSA) is 78.4 Å².